The third-order valence-electron chi connectivity index (χ3n) is 5.95. The zero-order valence-electron chi connectivity index (χ0n) is 14.1. The highest BCUT2D eigenvalue weighted by atomic mass is 35.5. The number of hydrogen-bond acceptors (Lipinski definition) is 3. The van der Waals surface area contributed by atoms with E-state index in [-0.39, 0.29) is 0 Å². The van der Waals surface area contributed by atoms with Gasteiger partial charge in [-0.15, -0.1) is 0 Å². The lowest BCUT2D eigenvalue weighted by atomic mass is 9.78. The molecule has 1 N–H and O–H groups in total. The average molecular weight is 354 g/mol. The summed E-state index contributed by atoms with van der Waals surface area (Å²) in [6.07, 6.45) is 5.17. The predicted octanol–water partition coefficient (Wildman–Crippen LogP) is 3.72. The van der Waals surface area contributed by atoms with E-state index in [0.29, 0.717) is 18.6 Å². The highest BCUT2D eigenvalue weighted by Gasteiger charge is 2.45. The van der Waals surface area contributed by atoms with Crippen molar-refractivity contribution >= 4 is 22.5 Å². The quantitative estimate of drug-likeness (QED) is 0.780. The van der Waals surface area contributed by atoms with Gasteiger partial charge in [-0.05, 0) is 54.9 Å². The van der Waals surface area contributed by atoms with Gasteiger partial charge in [0.2, 0.25) is 0 Å². The van der Waals surface area contributed by atoms with E-state index < -0.39 is 6.10 Å². The molecule has 1 fully saturated rings. The standard InChI is InChI=1S/C20H20ClN3O/c1-23-14-9-17(23)20-15-8-13(21)2-3-16(15)24(18(20)10-14)11-19(25)12-4-6-22-7-5-12/h2-8,14,17,19,25H,9-11H2,1H3. The Bertz CT molecular complexity index is 952. The lowest BCUT2D eigenvalue weighted by molar-refractivity contribution is 0.0268. The van der Waals surface area contributed by atoms with Gasteiger partial charge in [0.1, 0.15) is 0 Å². The molecule has 0 radical (unpaired) electrons. The highest BCUT2D eigenvalue weighted by molar-refractivity contribution is 6.31. The first kappa shape index (κ1) is 15.4. The van der Waals surface area contributed by atoms with Crippen molar-refractivity contribution in [1.29, 1.82) is 0 Å². The first-order valence-corrected chi connectivity index (χ1v) is 9.11. The molecule has 4 heterocycles. The van der Waals surface area contributed by atoms with E-state index in [2.05, 4.69) is 33.6 Å². The van der Waals surface area contributed by atoms with Crippen molar-refractivity contribution in [3.05, 3.63) is 64.6 Å². The van der Waals surface area contributed by atoms with Crippen LogP contribution in [0.1, 0.15) is 35.4 Å². The zero-order chi connectivity index (χ0) is 17.1. The number of aliphatic hydroxyl groups is 1. The van der Waals surface area contributed by atoms with E-state index in [1.807, 2.05) is 18.2 Å². The third-order valence-corrected chi connectivity index (χ3v) is 6.18. The van der Waals surface area contributed by atoms with Crippen LogP contribution in [-0.4, -0.2) is 32.6 Å². The van der Waals surface area contributed by atoms with Crippen molar-refractivity contribution in [2.45, 2.75) is 37.6 Å². The molecule has 6 rings (SSSR count). The molecular weight excluding hydrogens is 334 g/mol. The van der Waals surface area contributed by atoms with Crippen molar-refractivity contribution in [2.24, 2.45) is 0 Å². The molecule has 128 valence electrons. The van der Waals surface area contributed by atoms with Crippen molar-refractivity contribution in [2.75, 3.05) is 7.05 Å². The van der Waals surface area contributed by atoms with Gasteiger partial charge in [-0.1, -0.05) is 11.6 Å². The van der Waals surface area contributed by atoms with Gasteiger partial charge in [0.05, 0.1) is 12.6 Å². The third kappa shape index (κ3) is 2.25. The Morgan fingerprint density at radius 3 is 2.84 bits per heavy atom. The van der Waals surface area contributed by atoms with E-state index in [4.69, 9.17) is 11.6 Å². The molecule has 2 aromatic heterocycles. The SMILES string of the molecule is CN1C2Cc3c(c4cc(Cl)ccc4n3CC(O)c3ccncc3)C1C2. The Hall–Kier alpha value is -1.88. The van der Waals surface area contributed by atoms with Crippen molar-refractivity contribution in [1.82, 2.24) is 14.5 Å². The van der Waals surface area contributed by atoms with Crippen LogP contribution in [0, 0.1) is 0 Å². The molecule has 1 saturated heterocycles. The molecule has 3 atom stereocenters. The molecule has 25 heavy (non-hydrogen) atoms. The first-order valence-electron chi connectivity index (χ1n) is 8.74. The fourth-order valence-corrected chi connectivity index (χ4v) is 4.72. The Kier molecular flexibility index (Phi) is 3.42. The van der Waals surface area contributed by atoms with E-state index >= 15 is 0 Å². The first-order chi connectivity index (χ1) is 12.1. The molecule has 2 aliphatic heterocycles. The van der Waals surface area contributed by atoms with E-state index in [9.17, 15) is 5.11 Å². The summed E-state index contributed by atoms with van der Waals surface area (Å²) in [6.45, 7) is 0.556. The van der Waals surface area contributed by atoms with E-state index in [1.165, 1.54) is 28.6 Å². The number of aliphatic hydroxyl groups excluding tert-OH is 1. The zero-order valence-corrected chi connectivity index (χ0v) is 14.8. The van der Waals surface area contributed by atoms with Crippen LogP contribution in [0.25, 0.3) is 10.9 Å². The summed E-state index contributed by atoms with van der Waals surface area (Å²) >= 11 is 6.29. The van der Waals surface area contributed by atoms with Crippen LogP contribution >= 0.6 is 11.6 Å². The Morgan fingerprint density at radius 1 is 1.28 bits per heavy atom. The largest absolute Gasteiger partial charge is 0.387 e. The van der Waals surface area contributed by atoms with E-state index in [0.717, 1.165) is 17.0 Å². The van der Waals surface area contributed by atoms with Crippen LogP contribution in [0.5, 0.6) is 0 Å². The Balaban J connectivity index is 1.64. The molecule has 0 spiro atoms. The highest BCUT2D eigenvalue weighted by Crippen LogP contribution is 2.49. The van der Waals surface area contributed by atoms with Gasteiger partial charge in [0, 0.05) is 52.5 Å². The normalized spacial score (nSPS) is 23.3. The maximum atomic E-state index is 10.8. The molecule has 4 nitrogen and oxygen atoms in total. The summed E-state index contributed by atoms with van der Waals surface area (Å²) < 4.78 is 2.30. The van der Waals surface area contributed by atoms with E-state index in [1.54, 1.807) is 12.4 Å². The molecule has 0 amide bonds. The number of hydrogen-bond donors (Lipinski definition) is 1. The monoisotopic (exact) mass is 353 g/mol. The number of likely N-dealkylation sites (N-methyl/N-ethyl adjacent to an activating group) is 1. The molecule has 3 aromatic rings. The van der Waals surface area contributed by atoms with Gasteiger partial charge in [0.25, 0.3) is 0 Å². The minimum Gasteiger partial charge on any atom is -0.387 e. The van der Waals surface area contributed by atoms with Crippen LogP contribution in [0.3, 0.4) is 0 Å². The molecule has 5 heteroatoms. The summed E-state index contributed by atoms with van der Waals surface area (Å²) in [5.74, 6) is 0. The van der Waals surface area contributed by atoms with Crippen molar-refractivity contribution in [3.8, 4) is 0 Å². The second kappa shape index (κ2) is 5.56. The molecule has 0 saturated carbocycles. The van der Waals surface area contributed by atoms with Crippen LogP contribution in [0.15, 0.2) is 42.7 Å². The van der Waals surface area contributed by atoms with Gasteiger partial charge in [-0.2, -0.15) is 0 Å². The van der Waals surface area contributed by atoms with Gasteiger partial charge >= 0.3 is 0 Å². The number of rotatable bonds is 3. The second-order valence-electron chi connectivity index (χ2n) is 7.20. The topological polar surface area (TPSA) is 41.3 Å². The molecule has 3 unspecified atom stereocenters. The number of halogens is 1. The fraction of sp³-hybridized carbons (Fsp3) is 0.350. The van der Waals surface area contributed by atoms with Crippen LogP contribution in [-0.2, 0) is 13.0 Å². The van der Waals surface area contributed by atoms with Gasteiger partial charge in [0.15, 0.2) is 0 Å². The maximum Gasteiger partial charge on any atom is 0.0970 e. The summed E-state index contributed by atoms with van der Waals surface area (Å²) in [5.41, 5.74) is 4.84. The van der Waals surface area contributed by atoms with Crippen molar-refractivity contribution in [3.63, 3.8) is 0 Å². The predicted molar refractivity (Wildman–Crippen MR) is 98.8 cm³/mol. The molecule has 1 aliphatic carbocycles. The van der Waals surface area contributed by atoms with Crippen LogP contribution < -0.4 is 0 Å². The maximum absolute atomic E-state index is 10.8. The number of fused-ring (bicyclic) bond motifs is 1. The van der Waals surface area contributed by atoms with Gasteiger partial charge < -0.3 is 9.67 Å². The number of pyridine rings is 1. The Morgan fingerprint density at radius 2 is 2.08 bits per heavy atom. The number of aromatic nitrogens is 2. The van der Waals surface area contributed by atoms with Crippen LogP contribution in [0.4, 0.5) is 0 Å². The van der Waals surface area contributed by atoms with Crippen molar-refractivity contribution < 1.29 is 5.11 Å². The summed E-state index contributed by atoms with van der Waals surface area (Å²) in [7, 11) is 2.21. The number of nitrogens with zero attached hydrogens (tertiary/aromatic N) is 3. The molecule has 1 aromatic carbocycles. The summed E-state index contributed by atoms with van der Waals surface area (Å²) in [4.78, 5) is 6.51. The van der Waals surface area contributed by atoms with Gasteiger partial charge in [-0.3, -0.25) is 9.88 Å². The minimum absolute atomic E-state index is 0.481. The number of benzene rings is 1. The molecule has 3 aliphatic rings. The average Bonchev–Trinajstić information content (AvgIpc) is 2.95. The lowest BCUT2D eigenvalue weighted by Crippen LogP contribution is -2.52. The fourth-order valence-electron chi connectivity index (χ4n) is 4.55. The van der Waals surface area contributed by atoms with Crippen LogP contribution in [0.2, 0.25) is 5.02 Å². The lowest BCUT2D eigenvalue weighted by Gasteiger charge is -2.51. The second-order valence-corrected chi connectivity index (χ2v) is 7.64. The smallest absolute Gasteiger partial charge is 0.0970 e. The summed E-state index contributed by atoms with van der Waals surface area (Å²) in [6, 6.07) is 11.0. The minimum atomic E-state index is -0.547. The molecular formula is C20H20ClN3O. The van der Waals surface area contributed by atoms with Gasteiger partial charge in [-0.25, -0.2) is 0 Å². The molecule has 2 bridgehead atoms. The summed E-state index contributed by atoms with van der Waals surface area (Å²) in [5, 5.41) is 12.8. The Labute approximate surface area is 151 Å².